The van der Waals surface area contributed by atoms with Crippen LogP contribution in [0.25, 0.3) is 11.1 Å². The molecule has 0 aliphatic heterocycles. The second kappa shape index (κ2) is 23.0. The highest BCUT2D eigenvalue weighted by atomic mass is 19.4. The number of alkyl halides is 3. The molecule has 0 spiro atoms. The Bertz CT molecular complexity index is 1870. The second-order valence-electron chi connectivity index (χ2n) is 13.1. The highest BCUT2D eigenvalue weighted by Crippen LogP contribution is 2.25. The van der Waals surface area contributed by atoms with E-state index >= 15 is 0 Å². The fourth-order valence-electron chi connectivity index (χ4n) is 5.68. The predicted octanol–water partition coefficient (Wildman–Crippen LogP) is 7.18. The minimum Gasteiger partial charge on any atom is -0.445 e. The Balaban J connectivity index is 1.39. The average Bonchev–Trinajstić information content (AvgIpc) is 3.21. The Morgan fingerprint density at radius 2 is 1.37 bits per heavy atom. The van der Waals surface area contributed by atoms with E-state index in [4.69, 9.17) is 4.74 Å². The number of alkyl carbamates (subject to hydrolysis) is 1. The summed E-state index contributed by atoms with van der Waals surface area (Å²) in [4.78, 5) is 67.3. The molecular formula is C42H46F3N5O7. The van der Waals surface area contributed by atoms with Gasteiger partial charge in [-0.05, 0) is 66.5 Å². The Hall–Kier alpha value is -6.25. The van der Waals surface area contributed by atoms with E-state index in [1.54, 1.807) is 30.5 Å². The van der Waals surface area contributed by atoms with E-state index in [0.717, 1.165) is 35.3 Å². The van der Waals surface area contributed by atoms with E-state index in [1.165, 1.54) is 0 Å². The van der Waals surface area contributed by atoms with Crippen molar-refractivity contribution in [2.24, 2.45) is 0 Å². The van der Waals surface area contributed by atoms with Crippen molar-refractivity contribution in [2.75, 3.05) is 18.4 Å². The van der Waals surface area contributed by atoms with Crippen molar-refractivity contribution in [2.45, 2.75) is 76.2 Å². The maximum absolute atomic E-state index is 13.8. The van der Waals surface area contributed by atoms with Gasteiger partial charge in [0.05, 0.1) is 12.5 Å². The number of carbonyl (C=O) groups excluding carboxylic acids is 5. The number of nitrogens with zero attached hydrogens (tertiary/aromatic N) is 1. The standard InChI is InChI=1S/C42H46F3N5O7/c43-42(44,45)40(54)57-38(52)28-35(33-23-21-32(22-24-33)31-16-6-2-7-17-31)50-39(53)34(18-9-12-27-48-41(55)56-29-30-14-4-1-5-15-30)49-37(51)20-8-3-11-25-46-36-19-10-13-26-47-36/h1-2,4-7,10,13-17,19,21-24,26,34-35H,3,8-9,11-12,18,20,25,27-29H2,(H,46,47)(H,48,55)(H,49,51)(H,50,53)/t34-,35?/m0/s1. The number of unbranched alkanes of at least 4 members (excludes halogenated alkanes) is 3. The first-order valence-electron chi connectivity index (χ1n) is 18.6. The van der Waals surface area contributed by atoms with E-state index < -0.39 is 54.5 Å². The van der Waals surface area contributed by atoms with Gasteiger partial charge < -0.3 is 30.7 Å². The van der Waals surface area contributed by atoms with Crippen LogP contribution in [0.3, 0.4) is 0 Å². The van der Waals surface area contributed by atoms with Crippen LogP contribution in [0.4, 0.5) is 23.8 Å². The van der Waals surface area contributed by atoms with E-state index in [1.807, 2.05) is 78.9 Å². The molecule has 57 heavy (non-hydrogen) atoms. The summed E-state index contributed by atoms with van der Waals surface area (Å²) in [5.74, 6) is -4.53. The zero-order chi connectivity index (χ0) is 40.9. The quantitative estimate of drug-likeness (QED) is 0.0389. The van der Waals surface area contributed by atoms with Crippen LogP contribution in [0.15, 0.2) is 109 Å². The van der Waals surface area contributed by atoms with Gasteiger partial charge in [0.15, 0.2) is 0 Å². The van der Waals surface area contributed by atoms with Gasteiger partial charge in [0.2, 0.25) is 11.8 Å². The number of aromatic nitrogens is 1. The number of esters is 2. The topological polar surface area (TPSA) is 165 Å². The maximum atomic E-state index is 13.8. The van der Waals surface area contributed by atoms with E-state index in [0.29, 0.717) is 31.4 Å². The van der Waals surface area contributed by atoms with Crippen LogP contribution in [0.1, 0.15) is 68.5 Å². The normalized spacial score (nSPS) is 12.1. The second-order valence-corrected chi connectivity index (χ2v) is 13.1. The molecule has 0 saturated heterocycles. The molecule has 3 aromatic carbocycles. The number of benzene rings is 3. The van der Waals surface area contributed by atoms with Gasteiger partial charge >= 0.3 is 24.2 Å². The summed E-state index contributed by atoms with van der Waals surface area (Å²) < 4.78 is 47.9. The van der Waals surface area contributed by atoms with E-state index in [9.17, 15) is 37.1 Å². The highest BCUT2D eigenvalue weighted by molar-refractivity contribution is 5.90. The Labute approximate surface area is 328 Å². The third-order valence-corrected chi connectivity index (χ3v) is 8.65. The summed E-state index contributed by atoms with van der Waals surface area (Å²) >= 11 is 0. The first-order chi connectivity index (χ1) is 27.5. The van der Waals surface area contributed by atoms with Crippen LogP contribution in [0.2, 0.25) is 0 Å². The fraction of sp³-hybridized carbons (Fsp3) is 0.333. The number of hydrogen-bond acceptors (Lipinski definition) is 9. The molecule has 1 aromatic heterocycles. The summed E-state index contributed by atoms with van der Waals surface area (Å²) in [6.45, 7) is 0.968. The molecule has 4 aromatic rings. The van der Waals surface area contributed by atoms with Crippen LogP contribution in [-0.2, 0) is 35.3 Å². The van der Waals surface area contributed by atoms with Crippen molar-refractivity contribution < 1.29 is 46.6 Å². The number of pyridine rings is 1. The first-order valence-corrected chi connectivity index (χ1v) is 18.6. The molecule has 4 rings (SSSR count). The molecule has 1 unspecified atom stereocenters. The molecule has 12 nitrogen and oxygen atoms in total. The summed E-state index contributed by atoms with van der Waals surface area (Å²) in [6.07, 6.45) is -2.08. The minimum atomic E-state index is -5.40. The van der Waals surface area contributed by atoms with Gasteiger partial charge in [-0.1, -0.05) is 97.4 Å². The van der Waals surface area contributed by atoms with Crippen LogP contribution in [0.5, 0.6) is 0 Å². The SMILES string of the molecule is O=C(CCCCCNc1ccccn1)N[C@@H](CCCCNC(=O)OCc1ccccc1)C(=O)NC(CC(=O)OC(=O)C(F)(F)F)c1ccc(-c2ccccc2)cc1. The lowest BCUT2D eigenvalue weighted by Crippen LogP contribution is -2.48. The first kappa shape index (κ1) is 43.5. The molecule has 0 aliphatic carbocycles. The maximum Gasteiger partial charge on any atom is 0.491 e. The molecule has 302 valence electrons. The fourth-order valence-corrected chi connectivity index (χ4v) is 5.68. The molecule has 0 saturated carbocycles. The largest absolute Gasteiger partial charge is 0.491 e. The number of rotatable bonds is 21. The van der Waals surface area contributed by atoms with Crippen molar-refractivity contribution in [1.82, 2.24) is 20.9 Å². The molecule has 15 heteroatoms. The average molecular weight is 790 g/mol. The number of halogens is 3. The van der Waals surface area contributed by atoms with Gasteiger partial charge in [0.25, 0.3) is 0 Å². The van der Waals surface area contributed by atoms with Crippen LogP contribution < -0.4 is 21.3 Å². The molecule has 1 heterocycles. The molecule has 4 N–H and O–H groups in total. The van der Waals surface area contributed by atoms with Crippen LogP contribution in [-0.4, -0.2) is 60.1 Å². The lowest BCUT2D eigenvalue weighted by molar-refractivity contribution is -0.202. The highest BCUT2D eigenvalue weighted by Gasteiger charge is 2.42. The van der Waals surface area contributed by atoms with Crippen molar-refractivity contribution in [3.63, 3.8) is 0 Å². The third-order valence-electron chi connectivity index (χ3n) is 8.65. The van der Waals surface area contributed by atoms with Crippen molar-refractivity contribution >= 4 is 35.7 Å². The zero-order valence-electron chi connectivity index (χ0n) is 31.3. The van der Waals surface area contributed by atoms with Crippen molar-refractivity contribution in [3.05, 3.63) is 120 Å². The molecule has 0 aliphatic rings. The van der Waals surface area contributed by atoms with Gasteiger partial charge in [-0.3, -0.25) is 14.4 Å². The molecule has 0 radical (unpaired) electrons. The summed E-state index contributed by atoms with van der Waals surface area (Å²) in [5, 5.41) is 11.3. The van der Waals surface area contributed by atoms with E-state index in [-0.39, 0.29) is 26.0 Å². The number of amides is 3. The van der Waals surface area contributed by atoms with Crippen LogP contribution in [0, 0.1) is 0 Å². The monoisotopic (exact) mass is 789 g/mol. The van der Waals surface area contributed by atoms with Gasteiger partial charge in [-0.15, -0.1) is 0 Å². The molecule has 0 fully saturated rings. The summed E-state index contributed by atoms with van der Waals surface area (Å²) in [5.41, 5.74) is 2.85. The summed E-state index contributed by atoms with van der Waals surface area (Å²) in [7, 11) is 0. The lowest BCUT2D eigenvalue weighted by atomic mass is 9.98. The van der Waals surface area contributed by atoms with Gasteiger partial charge in [0, 0.05) is 25.7 Å². The van der Waals surface area contributed by atoms with Crippen molar-refractivity contribution in [1.29, 1.82) is 0 Å². The lowest BCUT2D eigenvalue weighted by Gasteiger charge is -2.24. The predicted molar refractivity (Wildman–Crippen MR) is 206 cm³/mol. The van der Waals surface area contributed by atoms with Gasteiger partial charge in [0.1, 0.15) is 18.5 Å². The molecule has 2 atom stereocenters. The van der Waals surface area contributed by atoms with Gasteiger partial charge in [-0.2, -0.15) is 13.2 Å². The Kier molecular flexibility index (Phi) is 17.5. The Morgan fingerprint density at radius 1 is 0.702 bits per heavy atom. The molecular weight excluding hydrogens is 743 g/mol. The molecule has 3 amide bonds. The van der Waals surface area contributed by atoms with Crippen LogP contribution >= 0.6 is 0 Å². The Morgan fingerprint density at radius 3 is 2.05 bits per heavy atom. The minimum absolute atomic E-state index is 0.0930. The number of nitrogens with one attached hydrogen (secondary N) is 4. The zero-order valence-corrected chi connectivity index (χ0v) is 31.3. The van der Waals surface area contributed by atoms with Gasteiger partial charge in [-0.25, -0.2) is 14.6 Å². The third kappa shape index (κ3) is 16.2. The number of anilines is 1. The smallest absolute Gasteiger partial charge is 0.445 e. The number of hydrogen-bond donors (Lipinski definition) is 4. The number of ether oxygens (including phenoxy) is 2. The summed E-state index contributed by atoms with van der Waals surface area (Å²) in [6, 6.07) is 28.3. The van der Waals surface area contributed by atoms with Crippen molar-refractivity contribution in [3.8, 4) is 11.1 Å². The molecule has 0 bridgehead atoms. The number of carbonyl (C=O) groups is 5. The van der Waals surface area contributed by atoms with E-state index in [2.05, 4.69) is 31.0 Å².